The molecule has 0 aromatic carbocycles. The van der Waals surface area contributed by atoms with Crippen LogP contribution in [-0.4, -0.2) is 17.4 Å². The quantitative estimate of drug-likeness (QED) is 0.250. The minimum atomic E-state index is 0. The van der Waals surface area contributed by atoms with Crippen molar-refractivity contribution in [2.75, 3.05) is 0 Å². The van der Waals surface area contributed by atoms with E-state index in [2.05, 4.69) is 0 Å². The first kappa shape index (κ1) is 38.0. The van der Waals surface area contributed by atoms with Gasteiger partial charge in [0.25, 0.3) is 0 Å². The second kappa shape index (κ2) is 153. The molecule has 0 aromatic heterocycles. The zero-order chi connectivity index (χ0) is 10.8. The first-order valence-corrected chi connectivity index (χ1v) is 1.46. The molecular formula is AlN4NaO8. The van der Waals surface area contributed by atoms with Crippen LogP contribution in [0.15, 0.2) is 21.4 Å². The van der Waals surface area contributed by atoms with Crippen molar-refractivity contribution >= 4 is 17.4 Å². The molecule has 0 heterocycles. The van der Waals surface area contributed by atoms with Crippen molar-refractivity contribution in [2.45, 2.75) is 0 Å². The van der Waals surface area contributed by atoms with Crippen molar-refractivity contribution in [1.82, 2.24) is 0 Å². The normalized spacial score (nSPS) is 3.43. The third kappa shape index (κ3) is 1520. The van der Waals surface area contributed by atoms with Crippen LogP contribution in [-0.2, 0) is 0 Å². The van der Waals surface area contributed by atoms with E-state index in [-0.39, 0.29) is 46.9 Å². The SMILES string of the molecule is O=N[O-].O=N[O-].O=N[O-].O=N[O-].[Al+3].[Na+]. The van der Waals surface area contributed by atoms with Crippen LogP contribution in [0.1, 0.15) is 0 Å². The Morgan fingerprint density at radius 1 is 0.571 bits per heavy atom. The van der Waals surface area contributed by atoms with E-state index >= 15 is 0 Å². The summed E-state index contributed by atoms with van der Waals surface area (Å²) in [6.45, 7) is 0. The van der Waals surface area contributed by atoms with Crippen LogP contribution in [0, 0.1) is 40.5 Å². The predicted octanol–water partition coefficient (Wildman–Crippen LogP) is -2.37. The predicted molar refractivity (Wildman–Crippen MR) is 42.4 cm³/mol. The van der Waals surface area contributed by atoms with Crippen molar-refractivity contribution in [1.29, 1.82) is 0 Å². The molecule has 0 rings (SSSR count). The minimum absolute atomic E-state index is 0. The summed E-state index contributed by atoms with van der Waals surface area (Å²) in [5.41, 5.74) is 0. The van der Waals surface area contributed by atoms with Crippen LogP contribution in [0.5, 0.6) is 0 Å². The molecule has 0 amide bonds. The zero-order valence-electron chi connectivity index (χ0n) is 6.63. The average Bonchev–Trinajstić information content (AvgIpc) is 1.92. The molecular weight excluding hydrogens is 234 g/mol. The maximum absolute atomic E-state index is 8.00. The smallest absolute Gasteiger partial charge is 0.444 e. The van der Waals surface area contributed by atoms with Gasteiger partial charge in [0.1, 0.15) is 0 Å². The molecule has 0 aliphatic carbocycles. The molecule has 0 atom stereocenters. The molecule has 0 radical (unpaired) electrons. The molecule has 0 N–H and O–H groups in total. The molecule has 0 aliphatic heterocycles. The van der Waals surface area contributed by atoms with Crippen LogP contribution in [0.4, 0.5) is 0 Å². The van der Waals surface area contributed by atoms with Gasteiger partial charge in [-0.05, 0) is 0 Å². The number of rotatable bonds is 0. The summed E-state index contributed by atoms with van der Waals surface area (Å²) >= 11 is 0. The van der Waals surface area contributed by atoms with E-state index in [9.17, 15) is 0 Å². The number of hydrogen-bond acceptors (Lipinski definition) is 12. The molecule has 14 heteroatoms. The summed E-state index contributed by atoms with van der Waals surface area (Å²) in [5, 5.41) is 36.0. The van der Waals surface area contributed by atoms with E-state index in [4.69, 9.17) is 40.5 Å². The first-order valence-electron chi connectivity index (χ1n) is 1.46. The zero-order valence-corrected chi connectivity index (χ0v) is 9.79. The fraction of sp³-hybridized carbons (Fsp3) is 0. The van der Waals surface area contributed by atoms with Gasteiger partial charge in [-0.1, -0.05) is 0 Å². The van der Waals surface area contributed by atoms with Gasteiger partial charge in [0.05, 0.1) is 0 Å². The fourth-order valence-electron chi connectivity index (χ4n) is 0. The Bertz CT molecular complexity index is 75.3. The Morgan fingerprint density at radius 2 is 0.571 bits per heavy atom. The maximum atomic E-state index is 8.00. The van der Waals surface area contributed by atoms with Crippen LogP contribution in [0.25, 0.3) is 0 Å². The molecule has 14 heavy (non-hydrogen) atoms. The van der Waals surface area contributed by atoms with Crippen molar-refractivity contribution in [3.8, 4) is 0 Å². The summed E-state index contributed by atoms with van der Waals surface area (Å²) < 4.78 is 0. The van der Waals surface area contributed by atoms with Gasteiger partial charge in [0, 0.05) is 0 Å². The topological polar surface area (TPSA) is 210 Å². The van der Waals surface area contributed by atoms with Gasteiger partial charge in [-0.15, -0.1) is 21.4 Å². The van der Waals surface area contributed by atoms with Crippen LogP contribution >= 0.6 is 0 Å². The van der Waals surface area contributed by atoms with Gasteiger partial charge in [-0.2, -0.15) is 0 Å². The first-order chi connectivity index (χ1) is 5.66. The molecule has 0 fully saturated rings. The van der Waals surface area contributed by atoms with E-state index in [0.717, 1.165) is 21.4 Å². The second-order valence-corrected chi connectivity index (χ2v) is 0.298. The summed E-state index contributed by atoms with van der Waals surface area (Å²) in [5.74, 6) is 0. The number of hydrogen-bond donors (Lipinski definition) is 0. The van der Waals surface area contributed by atoms with Gasteiger partial charge in [0.2, 0.25) is 0 Å². The Morgan fingerprint density at radius 3 is 0.571 bits per heavy atom. The summed E-state index contributed by atoms with van der Waals surface area (Å²) in [7, 11) is 0. The molecule has 0 aromatic rings. The Hall–Kier alpha value is -0.868. The van der Waals surface area contributed by atoms with Crippen LogP contribution < -0.4 is 29.6 Å². The molecule has 0 aliphatic rings. The van der Waals surface area contributed by atoms with E-state index < -0.39 is 0 Å². The van der Waals surface area contributed by atoms with Crippen molar-refractivity contribution < 1.29 is 29.6 Å². The minimum Gasteiger partial charge on any atom is -0.444 e. The molecule has 12 nitrogen and oxygen atoms in total. The Balaban J connectivity index is -0.0000000145. The summed E-state index contributed by atoms with van der Waals surface area (Å²) in [6, 6.07) is 0. The Labute approximate surface area is 108 Å². The van der Waals surface area contributed by atoms with E-state index in [1.807, 2.05) is 0 Å². The van der Waals surface area contributed by atoms with Crippen molar-refractivity contribution in [3.63, 3.8) is 0 Å². The van der Waals surface area contributed by atoms with Gasteiger partial charge in [0.15, 0.2) is 0 Å². The second-order valence-electron chi connectivity index (χ2n) is 0.298. The third-order valence-electron chi connectivity index (χ3n) is 0. The fourth-order valence-corrected chi connectivity index (χ4v) is 0. The third-order valence-corrected chi connectivity index (χ3v) is 0. The maximum Gasteiger partial charge on any atom is 3.00 e. The molecule has 0 saturated heterocycles. The summed E-state index contributed by atoms with van der Waals surface area (Å²) in [6.07, 6.45) is 0. The van der Waals surface area contributed by atoms with Gasteiger partial charge < -0.3 is 40.5 Å². The van der Waals surface area contributed by atoms with Crippen molar-refractivity contribution in [2.24, 2.45) is 21.4 Å². The molecule has 0 saturated carbocycles. The van der Waals surface area contributed by atoms with E-state index in [0.29, 0.717) is 0 Å². The Kier molecular flexibility index (Phi) is 416. The monoisotopic (exact) mass is 234 g/mol. The largest absolute Gasteiger partial charge is 3.00 e. The van der Waals surface area contributed by atoms with Crippen LogP contribution in [0.2, 0.25) is 0 Å². The van der Waals surface area contributed by atoms with Gasteiger partial charge >= 0.3 is 46.9 Å². The molecule has 72 valence electrons. The average molecular weight is 234 g/mol. The van der Waals surface area contributed by atoms with Gasteiger partial charge in [-0.25, -0.2) is 0 Å². The number of nitrogens with zero attached hydrogens (tertiary/aromatic N) is 4. The molecule has 0 unspecified atom stereocenters. The van der Waals surface area contributed by atoms with E-state index in [1.165, 1.54) is 0 Å². The van der Waals surface area contributed by atoms with Crippen LogP contribution in [0.3, 0.4) is 0 Å². The van der Waals surface area contributed by atoms with Gasteiger partial charge in [-0.3, -0.25) is 0 Å². The standard InChI is InChI=1S/Al.4HNO2.Na/c;4*2-1-3;/h;4*(H,2,3);/q+3;;;;;+1/p-4. The molecule has 0 bridgehead atoms. The summed E-state index contributed by atoms with van der Waals surface area (Å²) in [4.78, 5) is 32.0. The van der Waals surface area contributed by atoms with E-state index in [1.54, 1.807) is 0 Å². The van der Waals surface area contributed by atoms with Crippen molar-refractivity contribution in [3.05, 3.63) is 40.5 Å². The molecule has 0 spiro atoms.